The van der Waals surface area contributed by atoms with Gasteiger partial charge in [-0.15, -0.1) is 11.3 Å². The van der Waals surface area contributed by atoms with Gasteiger partial charge in [-0.05, 0) is 30.3 Å². The molecular weight excluding hydrogens is 374 g/mol. The number of amides is 1. The van der Waals surface area contributed by atoms with Crippen LogP contribution in [0.1, 0.15) is 0 Å². The number of hydrogen-bond acceptors (Lipinski definition) is 7. The third kappa shape index (κ3) is 3.60. The van der Waals surface area contributed by atoms with E-state index in [2.05, 4.69) is 15.3 Å². The standard InChI is InChI=1S/C17H13N3O2S3/c1-22-10-6-7-12-14(8-10)24-16(18-12)20-15(21)9-23-17-19-11-4-2-3-5-13(11)25-17/h2-8H,9H2,1H3,(H,18,20,21). The van der Waals surface area contributed by atoms with Crippen molar-refractivity contribution in [3.63, 3.8) is 0 Å². The predicted octanol–water partition coefficient (Wildman–Crippen LogP) is 4.65. The maximum absolute atomic E-state index is 12.2. The highest BCUT2D eigenvalue weighted by molar-refractivity contribution is 8.01. The van der Waals surface area contributed by atoms with Gasteiger partial charge in [0.15, 0.2) is 9.47 Å². The van der Waals surface area contributed by atoms with Crippen LogP contribution in [0.15, 0.2) is 46.8 Å². The fraction of sp³-hybridized carbons (Fsp3) is 0.118. The number of carbonyl (C=O) groups excluding carboxylic acids is 1. The molecule has 0 saturated heterocycles. The summed E-state index contributed by atoms with van der Waals surface area (Å²) in [4.78, 5) is 21.1. The van der Waals surface area contributed by atoms with Crippen LogP contribution in [0.4, 0.5) is 5.13 Å². The van der Waals surface area contributed by atoms with Crippen LogP contribution in [-0.2, 0) is 4.79 Å². The third-order valence-electron chi connectivity index (χ3n) is 3.44. The number of methoxy groups -OCH3 is 1. The molecule has 2 aromatic carbocycles. The van der Waals surface area contributed by atoms with Crippen molar-refractivity contribution in [2.45, 2.75) is 4.34 Å². The molecule has 4 rings (SSSR count). The average Bonchev–Trinajstić information content (AvgIpc) is 3.21. The minimum absolute atomic E-state index is 0.0877. The molecule has 5 nitrogen and oxygen atoms in total. The Hall–Kier alpha value is -2.16. The molecule has 1 amide bonds. The van der Waals surface area contributed by atoms with Gasteiger partial charge < -0.3 is 10.1 Å². The number of thiazole rings is 2. The maximum Gasteiger partial charge on any atom is 0.236 e. The second kappa shape index (κ2) is 6.99. The number of nitrogens with zero attached hydrogens (tertiary/aromatic N) is 2. The second-order valence-electron chi connectivity index (χ2n) is 5.14. The van der Waals surface area contributed by atoms with Gasteiger partial charge in [0.2, 0.25) is 5.91 Å². The second-order valence-corrected chi connectivity index (χ2v) is 8.42. The van der Waals surface area contributed by atoms with Crippen molar-refractivity contribution in [1.82, 2.24) is 9.97 Å². The van der Waals surface area contributed by atoms with E-state index in [0.717, 1.165) is 30.5 Å². The highest BCUT2D eigenvalue weighted by Crippen LogP contribution is 2.31. The highest BCUT2D eigenvalue weighted by atomic mass is 32.2. The monoisotopic (exact) mass is 387 g/mol. The van der Waals surface area contributed by atoms with E-state index >= 15 is 0 Å². The first-order chi connectivity index (χ1) is 12.2. The van der Waals surface area contributed by atoms with E-state index in [9.17, 15) is 4.79 Å². The van der Waals surface area contributed by atoms with Gasteiger partial charge in [-0.3, -0.25) is 4.79 Å². The molecule has 0 atom stereocenters. The minimum atomic E-state index is -0.0877. The number of anilines is 1. The van der Waals surface area contributed by atoms with E-state index in [1.165, 1.54) is 23.1 Å². The molecule has 0 aliphatic rings. The number of fused-ring (bicyclic) bond motifs is 2. The quantitative estimate of drug-likeness (QED) is 0.505. The van der Waals surface area contributed by atoms with E-state index in [1.807, 2.05) is 42.5 Å². The van der Waals surface area contributed by atoms with Crippen molar-refractivity contribution < 1.29 is 9.53 Å². The van der Waals surface area contributed by atoms with Gasteiger partial charge in [-0.1, -0.05) is 35.2 Å². The van der Waals surface area contributed by atoms with Crippen molar-refractivity contribution in [2.24, 2.45) is 0 Å². The summed E-state index contributed by atoms with van der Waals surface area (Å²) in [5.41, 5.74) is 1.82. The van der Waals surface area contributed by atoms with E-state index in [1.54, 1.807) is 18.4 Å². The smallest absolute Gasteiger partial charge is 0.236 e. The first-order valence-corrected chi connectivity index (χ1v) is 10.1. The zero-order valence-electron chi connectivity index (χ0n) is 13.2. The molecule has 0 radical (unpaired) electrons. The van der Waals surface area contributed by atoms with Crippen molar-refractivity contribution >= 4 is 65.9 Å². The predicted molar refractivity (Wildman–Crippen MR) is 105 cm³/mol. The Bertz CT molecular complexity index is 1020. The molecular formula is C17H13N3O2S3. The van der Waals surface area contributed by atoms with Crippen LogP contribution < -0.4 is 10.1 Å². The largest absolute Gasteiger partial charge is 0.497 e. The topological polar surface area (TPSA) is 64.1 Å². The Balaban J connectivity index is 1.41. The number of rotatable bonds is 5. The first-order valence-electron chi connectivity index (χ1n) is 7.44. The van der Waals surface area contributed by atoms with Gasteiger partial charge in [-0.25, -0.2) is 9.97 Å². The van der Waals surface area contributed by atoms with Crippen molar-refractivity contribution in [2.75, 3.05) is 18.2 Å². The summed E-state index contributed by atoms with van der Waals surface area (Å²) in [6.07, 6.45) is 0. The molecule has 0 fully saturated rings. The molecule has 0 saturated carbocycles. The molecule has 126 valence electrons. The molecule has 0 spiro atoms. The molecule has 0 bridgehead atoms. The zero-order valence-corrected chi connectivity index (χ0v) is 15.6. The lowest BCUT2D eigenvalue weighted by Gasteiger charge is -1.99. The summed E-state index contributed by atoms with van der Waals surface area (Å²) in [6, 6.07) is 13.6. The summed E-state index contributed by atoms with van der Waals surface area (Å²) in [6.45, 7) is 0. The van der Waals surface area contributed by atoms with Crippen LogP contribution in [0, 0.1) is 0 Å². The lowest BCUT2D eigenvalue weighted by molar-refractivity contribution is -0.113. The summed E-state index contributed by atoms with van der Waals surface area (Å²) in [5.74, 6) is 0.995. The summed E-state index contributed by atoms with van der Waals surface area (Å²) in [5, 5.41) is 3.45. The fourth-order valence-corrected chi connectivity index (χ4v) is 5.06. The number of aromatic nitrogens is 2. The van der Waals surface area contributed by atoms with Gasteiger partial charge >= 0.3 is 0 Å². The van der Waals surface area contributed by atoms with Crippen LogP contribution in [0.25, 0.3) is 20.4 Å². The molecule has 2 aromatic heterocycles. The summed E-state index contributed by atoms with van der Waals surface area (Å²) < 4.78 is 8.21. The van der Waals surface area contributed by atoms with Crippen LogP contribution in [0.5, 0.6) is 5.75 Å². The van der Waals surface area contributed by atoms with E-state index < -0.39 is 0 Å². The number of ether oxygens (including phenoxy) is 1. The van der Waals surface area contributed by atoms with Crippen molar-refractivity contribution in [1.29, 1.82) is 0 Å². The van der Waals surface area contributed by atoms with Crippen LogP contribution in [0.3, 0.4) is 0 Å². The number of hydrogen-bond donors (Lipinski definition) is 1. The molecule has 2 heterocycles. The number of benzene rings is 2. The fourth-order valence-electron chi connectivity index (χ4n) is 2.28. The summed E-state index contributed by atoms with van der Waals surface area (Å²) in [7, 11) is 1.63. The van der Waals surface area contributed by atoms with Gasteiger partial charge in [0.25, 0.3) is 0 Å². The lowest BCUT2D eigenvalue weighted by Crippen LogP contribution is -2.13. The van der Waals surface area contributed by atoms with Crippen LogP contribution >= 0.6 is 34.4 Å². The maximum atomic E-state index is 12.2. The third-order valence-corrected chi connectivity index (χ3v) is 6.56. The first kappa shape index (κ1) is 16.3. The average molecular weight is 388 g/mol. The number of carbonyl (C=O) groups is 1. The molecule has 0 unspecified atom stereocenters. The SMILES string of the molecule is COc1ccc2nc(NC(=O)CSc3nc4ccccc4s3)sc2c1. The van der Waals surface area contributed by atoms with Gasteiger partial charge in [0.05, 0.1) is 33.3 Å². The van der Waals surface area contributed by atoms with E-state index in [-0.39, 0.29) is 5.91 Å². The van der Waals surface area contributed by atoms with E-state index in [0.29, 0.717) is 10.9 Å². The Labute approximate surface area is 156 Å². The molecule has 4 aromatic rings. The molecule has 25 heavy (non-hydrogen) atoms. The summed E-state index contributed by atoms with van der Waals surface area (Å²) >= 11 is 4.47. The van der Waals surface area contributed by atoms with E-state index in [4.69, 9.17) is 4.74 Å². The Morgan fingerprint density at radius 1 is 1.12 bits per heavy atom. The number of nitrogens with one attached hydrogen (secondary N) is 1. The van der Waals surface area contributed by atoms with Gasteiger partial charge in [0, 0.05) is 0 Å². The number of thioether (sulfide) groups is 1. The Morgan fingerprint density at radius 2 is 1.96 bits per heavy atom. The minimum Gasteiger partial charge on any atom is -0.497 e. The van der Waals surface area contributed by atoms with Gasteiger partial charge in [-0.2, -0.15) is 0 Å². The highest BCUT2D eigenvalue weighted by Gasteiger charge is 2.11. The molecule has 1 N–H and O–H groups in total. The van der Waals surface area contributed by atoms with Crippen molar-refractivity contribution in [3.05, 3.63) is 42.5 Å². The Morgan fingerprint density at radius 3 is 2.80 bits per heavy atom. The molecule has 8 heteroatoms. The van der Waals surface area contributed by atoms with Crippen LogP contribution in [-0.4, -0.2) is 28.7 Å². The lowest BCUT2D eigenvalue weighted by atomic mass is 10.3. The normalized spacial score (nSPS) is 11.1. The zero-order chi connectivity index (χ0) is 17.2. The van der Waals surface area contributed by atoms with Crippen molar-refractivity contribution in [3.8, 4) is 5.75 Å². The molecule has 0 aliphatic heterocycles. The molecule has 0 aliphatic carbocycles. The van der Waals surface area contributed by atoms with Crippen LogP contribution in [0.2, 0.25) is 0 Å². The Kier molecular flexibility index (Phi) is 4.56. The van der Waals surface area contributed by atoms with Gasteiger partial charge in [0.1, 0.15) is 5.75 Å². The number of para-hydroxylation sites is 1.